The Kier molecular flexibility index (Phi) is 7.98. The lowest BCUT2D eigenvalue weighted by Crippen LogP contribution is -2.43. The Morgan fingerprint density at radius 1 is 1.43 bits per heavy atom. The molecule has 1 atom stereocenters. The average molecular weight is 322 g/mol. The van der Waals surface area contributed by atoms with Crippen LogP contribution in [0.25, 0.3) is 0 Å². The molecule has 0 aliphatic heterocycles. The third-order valence-electron chi connectivity index (χ3n) is 3.43. The van der Waals surface area contributed by atoms with Gasteiger partial charge in [-0.25, -0.2) is 4.79 Å². The van der Waals surface area contributed by atoms with E-state index in [0.717, 1.165) is 25.2 Å². The number of nitrogens with one attached hydrogen (secondary N) is 1. The molecule has 0 bridgehead atoms. The maximum absolute atomic E-state index is 11.7. The number of pyridine rings is 1. The molecule has 0 aliphatic carbocycles. The molecule has 1 aromatic rings. The Bertz CT molecular complexity index is 459. The Hall–Kier alpha value is -1.66. The van der Waals surface area contributed by atoms with E-state index in [1.54, 1.807) is 6.20 Å². The van der Waals surface area contributed by atoms with Gasteiger partial charge in [0.1, 0.15) is 5.60 Å². The van der Waals surface area contributed by atoms with Gasteiger partial charge in [0.25, 0.3) is 0 Å². The monoisotopic (exact) mass is 322 g/mol. The highest BCUT2D eigenvalue weighted by molar-refractivity contribution is 5.67. The molecule has 0 saturated carbocycles. The fraction of sp³-hybridized carbons (Fsp3) is 0.647. The quantitative estimate of drug-likeness (QED) is 0.766. The van der Waals surface area contributed by atoms with Gasteiger partial charge in [-0.2, -0.15) is 0 Å². The van der Waals surface area contributed by atoms with Crippen molar-refractivity contribution < 1.29 is 9.53 Å². The second-order valence-electron chi connectivity index (χ2n) is 6.49. The Morgan fingerprint density at radius 3 is 2.70 bits per heavy atom. The van der Waals surface area contributed by atoms with Crippen molar-refractivity contribution in [3.63, 3.8) is 0 Å². The van der Waals surface area contributed by atoms with Gasteiger partial charge in [0.2, 0.25) is 0 Å². The number of ether oxygens (including phenoxy) is 1. The van der Waals surface area contributed by atoms with Crippen molar-refractivity contribution in [3.8, 4) is 0 Å². The first-order chi connectivity index (χ1) is 10.9. The van der Waals surface area contributed by atoms with Crippen LogP contribution in [0.3, 0.4) is 0 Å². The first-order valence-electron chi connectivity index (χ1n) is 8.16. The number of nitrogens with two attached hydrogens (primary N) is 1. The molecule has 0 radical (unpaired) electrons. The molecule has 130 valence electrons. The van der Waals surface area contributed by atoms with Crippen molar-refractivity contribution in [2.24, 2.45) is 5.73 Å². The highest BCUT2D eigenvalue weighted by Gasteiger charge is 2.18. The molecule has 1 rings (SSSR count). The van der Waals surface area contributed by atoms with Crippen molar-refractivity contribution in [3.05, 3.63) is 30.1 Å². The van der Waals surface area contributed by atoms with Gasteiger partial charge in [-0.15, -0.1) is 0 Å². The second-order valence-corrected chi connectivity index (χ2v) is 6.49. The van der Waals surface area contributed by atoms with Crippen molar-refractivity contribution >= 4 is 6.09 Å². The summed E-state index contributed by atoms with van der Waals surface area (Å²) in [6.07, 6.45) is 2.18. The van der Waals surface area contributed by atoms with Crippen LogP contribution >= 0.6 is 0 Å². The number of rotatable bonds is 8. The molecular formula is C17H30N4O2. The third kappa shape index (κ3) is 7.95. The smallest absolute Gasteiger partial charge is 0.407 e. The molecule has 23 heavy (non-hydrogen) atoms. The predicted octanol–water partition coefficient (Wildman–Crippen LogP) is 2.15. The summed E-state index contributed by atoms with van der Waals surface area (Å²) in [5.74, 6) is 0. The van der Waals surface area contributed by atoms with E-state index in [1.165, 1.54) is 0 Å². The van der Waals surface area contributed by atoms with Gasteiger partial charge >= 0.3 is 6.09 Å². The SMILES string of the molecule is CCN(Cc1ccccn1)C(CN)CCNC(=O)OC(C)(C)C. The molecule has 0 aromatic carbocycles. The van der Waals surface area contributed by atoms with Crippen molar-refractivity contribution in [1.82, 2.24) is 15.2 Å². The number of alkyl carbamates (subject to hydrolysis) is 1. The Labute approximate surface area is 139 Å². The largest absolute Gasteiger partial charge is 0.444 e. The maximum Gasteiger partial charge on any atom is 0.407 e. The summed E-state index contributed by atoms with van der Waals surface area (Å²) in [4.78, 5) is 18.3. The molecule has 1 unspecified atom stereocenters. The molecule has 1 amide bonds. The summed E-state index contributed by atoms with van der Waals surface area (Å²) >= 11 is 0. The standard InChI is InChI=1S/C17H30N4O2/c1-5-21(13-14-8-6-7-10-19-14)15(12-18)9-11-20-16(22)23-17(2,3)4/h6-8,10,15H,5,9,11-13,18H2,1-4H3,(H,20,22). The number of hydrogen-bond donors (Lipinski definition) is 2. The summed E-state index contributed by atoms with van der Waals surface area (Å²) in [6.45, 7) is 10.4. The number of nitrogens with zero attached hydrogens (tertiary/aromatic N) is 2. The first kappa shape index (κ1) is 19.4. The van der Waals surface area contributed by atoms with E-state index in [1.807, 2.05) is 39.0 Å². The van der Waals surface area contributed by atoms with E-state index in [-0.39, 0.29) is 12.1 Å². The molecule has 0 aliphatic rings. The minimum Gasteiger partial charge on any atom is -0.444 e. The summed E-state index contributed by atoms with van der Waals surface area (Å²) in [7, 11) is 0. The minimum atomic E-state index is -0.480. The van der Waals surface area contributed by atoms with E-state index in [4.69, 9.17) is 10.5 Å². The normalized spacial score (nSPS) is 13.0. The second kappa shape index (κ2) is 9.47. The maximum atomic E-state index is 11.7. The Morgan fingerprint density at radius 2 is 2.17 bits per heavy atom. The Balaban J connectivity index is 2.46. The van der Waals surface area contributed by atoms with Gasteiger partial charge in [-0.3, -0.25) is 9.88 Å². The highest BCUT2D eigenvalue weighted by Crippen LogP contribution is 2.09. The van der Waals surface area contributed by atoms with Gasteiger partial charge in [-0.05, 0) is 45.9 Å². The van der Waals surface area contributed by atoms with E-state index in [0.29, 0.717) is 13.1 Å². The number of hydrogen-bond acceptors (Lipinski definition) is 5. The minimum absolute atomic E-state index is 0.192. The number of aromatic nitrogens is 1. The van der Waals surface area contributed by atoms with Gasteiger partial charge in [0, 0.05) is 31.9 Å². The summed E-state index contributed by atoms with van der Waals surface area (Å²) in [6, 6.07) is 6.09. The van der Waals surface area contributed by atoms with Gasteiger partial charge in [0.15, 0.2) is 0 Å². The van der Waals surface area contributed by atoms with Crippen LogP contribution in [0.5, 0.6) is 0 Å². The lowest BCUT2D eigenvalue weighted by molar-refractivity contribution is 0.0521. The molecule has 0 spiro atoms. The van der Waals surface area contributed by atoms with Crippen LogP contribution in [0.2, 0.25) is 0 Å². The van der Waals surface area contributed by atoms with Gasteiger partial charge in [0.05, 0.1) is 5.69 Å². The van der Waals surface area contributed by atoms with Crippen molar-refractivity contribution in [1.29, 1.82) is 0 Å². The van der Waals surface area contributed by atoms with Crippen molar-refractivity contribution in [2.45, 2.75) is 52.3 Å². The van der Waals surface area contributed by atoms with E-state index < -0.39 is 5.60 Å². The predicted molar refractivity (Wildman–Crippen MR) is 92.0 cm³/mol. The summed E-state index contributed by atoms with van der Waals surface area (Å²) < 4.78 is 5.23. The van der Waals surface area contributed by atoms with Crippen LogP contribution in [-0.2, 0) is 11.3 Å². The van der Waals surface area contributed by atoms with Gasteiger partial charge in [-0.1, -0.05) is 13.0 Å². The molecule has 1 aromatic heterocycles. The van der Waals surface area contributed by atoms with Crippen LogP contribution in [0.4, 0.5) is 4.79 Å². The molecule has 0 saturated heterocycles. The lowest BCUT2D eigenvalue weighted by Gasteiger charge is -2.29. The van der Waals surface area contributed by atoms with E-state index >= 15 is 0 Å². The summed E-state index contributed by atoms with van der Waals surface area (Å²) in [5, 5.41) is 2.79. The molecule has 3 N–H and O–H groups in total. The van der Waals surface area contributed by atoms with Crippen LogP contribution in [0.15, 0.2) is 24.4 Å². The fourth-order valence-electron chi connectivity index (χ4n) is 2.30. The lowest BCUT2D eigenvalue weighted by atomic mass is 10.1. The molecule has 6 heteroatoms. The van der Waals surface area contributed by atoms with Gasteiger partial charge < -0.3 is 15.8 Å². The van der Waals surface area contributed by atoms with Crippen molar-refractivity contribution in [2.75, 3.05) is 19.6 Å². The van der Waals surface area contributed by atoms with Crippen LogP contribution in [0, 0.1) is 0 Å². The zero-order valence-electron chi connectivity index (χ0n) is 14.7. The first-order valence-corrected chi connectivity index (χ1v) is 8.16. The zero-order valence-corrected chi connectivity index (χ0v) is 14.7. The number of carbonyl (C=O) groups excluding carboxylic acids is 1. The third-order valence-corrected chi connectivity index (χ3v) is 3.43. The van der Waals surface area contributed by atoms with E-state index in [2.05, 4.69) is 22.1 Å². The van der Waals surface area contributed by atoms with E-state index in [9.17, 15) is 4.79 Å². The number of carbonyl (C=O) groups is 1. The topological polar surface area (TPSA) is 80.5 Å². The fourth-order valence-corrected chi connectivity index (χ4v) is 2.30. The van der Waals surface area contributed by atoms with Crippen LogP contribution in [-0.4, -0.2) is 47.3 Å². The molecular weight excluding hydrogens is 292 g/mol. The molecule has 6 nitrogen and oxygen atoms in total. The molecule has 1 heterocycles. The number of amides is 1. The number of likely N-dealkylation sites (N-methyl/N-ethyl adjacent to an activating group) is 1. The van der Waals surface area contributed by atoms with Crippen LogP contribution in [0.1, 0.15) is 39.8 Å². The summed E-state index contributed by atoms with van der Waals surface area (Å²) in [5.41, 5.74) is 6.46. The zero-order chi connectivity index (χ0) is 17.3. The van der Waals surface area contributed by atoms with Crippen LogP contribution < -0.4 is 11.1 Å². The highest BCUT2D eigenvalue weighted by atomic mass is 16.6. The molecule has 0 fully saturated rings. The average Bonchev–Trinajstić information content (AvgIpc) is 2.49.